The van der Waals surface area contributed by atoms with Gasteiger partial charge >= 0.3 is 5.97 Å². The van der Waals surface area contributed by atoms with Gasteiger partial charge in [-0.2, -0.15) is 0 Å². The number of benzene rings is 1. The van der Waals surface area contributed by atoms with Crippen molar-refractivity contribution in [2.45, 2.75) is 32.2 Å². The van der Waals surface area contributed by atoms with Crippen LogP contribution in [0.1, 0.15) is 36.5 Å². The summed E-state index contributed by atoms with van der Waals surface area (Å²) in [4.78, 5) is 38.5. The molecule has 142 valence electrons. The summed E-state index contributed by atoms with van der Waals surface area (Å²) in [6.07, 6.45) is 1.76. The van der Waals surface area contributed by atoms with Crippen LogP contribution >= 0.6 is 0 Å². The number of carboxylic acids is 1. The normalized spacial score (nSPS) is 17.3. The minimum absolute atomic E-state index is 0.118. The Morgan fingerprint density at radius 1 is 1.27 bits per heavy atom. The van der Waals surface area contributed by atoms with Crippen molar-refractivity contribution in [3.05, 3.63) is 23.8 Å². The lowest BCUT2D eigenvalue weighted by Gasteiger charge is -2.29. The maximum absolute atomic E-state index is 12.8. The van der Waals surface area contributed by atoms with Crippen LogP contribution in [0.5, 0.6) is 11.5 Å². The molecule has 26 heavy (non-hydrogen) atoms. The SMILES string of the molecule is COc1ccc(O)c(C(=O)N2CCCC(N(CC(=O)O)C(C)=O)CC2)c1. The number of hydrogen-bond acceptors (Lipinski definition) is 5. The Kier molecular flexibility index (Phi) is 6.43. The van der Waals surface area contributed by atoms with E-state index in [4.69, 9.17) is 9.84 Å². The summed E-state index contributed by atoms with van der Waals surface area (Å²) in [6.45, 7) is 1.87. The fourth-order valence-electron chi connectivity index (χ4n) is 3.22. The van der Waals surface area contributed by atoms with E-state index in [1.165, 1.54) is 31.1 Å². The molecular weight excluding hydrogens is 340 g/mol. The van der Waals surface area contributed by atoms with Crippen molar-refractivity contribution >= 4 is 17.8 Å². The first kappa shape index (κ1) is 19.6. The number of likely N-dealkylation sites (tertiary alicyclic amines) is 1. The van der Waals surface area contributed by atoms with E-state index < -0.39 is 5.97 Å². The van der Waals surface area contributed by atoms with Crippen LogP contribution in [0.4, 0.5) is 0 Å². The average Bonchev–Trinajstić information content (AvgIpc) is 2.85. The Bertz CT molecular complexity index is 690. The van der Waals surface area contributed by atoms with E-state index >= 15 is 0 Å². The van der Waals surface area contributed by atoms with Crippen LogP contribution in [0.25, 0.3) is 0 Å². The molecule has 1 aliphatic heterocycles. The molecule has 1 unspecified atom stereocenters. The first-order chi connectivity index (χ1) is 12.3. The molecule has 1 fully saturated rings. The van der Waals surface area contributed by atoms with Gasteiger partial charge in [-0.15, -0.1) is 0 Å². The summed E-state index contributed by atoms with van der Waals surface area (Å²) >= 11 is 0. The van der Waals surface area contributed by atoms with Crippen LogP contribution in [0.2, 0.25) is 0 Å². The van der Waals surface area contributed by atoms with Crippen LogP contribution in [-0.4, -0.2) is 70.6 Å². The molecule has 1 aliphatic rings. The van der Waals surface area contributed by atoms with E-state index in [0.717, 1.165) is 0 Å². The molecular formula is C18H24N2O6. The molecule has 0 radical (unpaired) electrons. The second-order valence-electron chi connectivity index (χ2n) is 6.30. The smallest absolute Gasteiger partial charge is 0.323 e. The van der Waals surface area contributed by atoms with Crippen LogP contribution in [0.15, 0.2) is 18.2 Å². The molecule has 0 bridgehead atoms. The Balaban J connectivity index is 2.11. The number of phenolic OH excluding ortho intramolecular Hbond substituents is 1. The number of rotatable bonds is 5. The number of ether oxygens (including phenoxy) is 1. The molecule has 0 aromatic heterocycles. The standard InChI is InChI=1S/C18H24N2O6/c1-12(21)20(11-17(23)24)13-4-3-8-19(9-7-13)18(25)15-10-14(26-2)5-6-16(15)22/h5-6,10,13,22H,3-4,7-9,11H2,1-2H3,(H,23,24). The Morgan fingerprint density at radius 3 is 2.62 bits per heavy atom. The molecule has 0 spiro atoms. The van der Waals surface area contributed by atoms with Gasteiger partial charge in [-0.25, -0.2) is 0 Å². The fraction of sp³-hybridized carbons (Fsp3) is 0.500. The minimum atomic E-state index is -1.06. The lowest BCUT2D eigenvalue weighted by atomic mass is 10.1. The van der Waals surface area contributed by atoms with Crippen molar-refractivity contribution in [3.8, 4) is 11.5 Å². The van der Waals surface area contributed by atoms with E-state index in [1.807, 2.05) is 0 Å². The number of amides is 2. The maximum Gasteiger partial charge on any atom is 0.323 e. The molecule has 1 aromatic rings. The Morgan fingerprint density at radius 2 is 2.00 bits per heavy atom. The number of carbonyl (C=O) groups excluding carboxylic acids is 2. The summed E-state index contributed by atoms with van der Waals surface area (Å²) in [5.41, 5.74) is 0.164. The second kappa shape index (κ2) is 8.55. The highest BCUT2D eigenvalue weighted by Gasteiger charge is 2.28. The summed E-state index contributed by atoms with van der Waals surface area (Å²) in [5, 5.41) is 19.0. The molecule has 1 atom stereocenters. The number of methoxy groups -OCH3 is 1. The van der Waals surface area contributed by atoms with E-state index in [2.05, 4.69) is 0 Å². The minimum Gasteiger partial charge on any atom is -0.507 e. The molecule has 1 saturated heterocycles. The summed E-state index contributed by atoms with van der Waals surface area (Å²) in [6, 6.07) is 4.25. The van der Waals surface area contributed by atoms with Crippen molar-refractivity contribution in [1.82, 2.24) is 9.80 Å². The van der Waals surface area contributed by atoms with Crippen LogP contribution in [0, 0.1) is 0 Å². The van der Waals surface area contributed by atoms with Crippen LogP contribution in [-0.2, 0) is 9.59 Å². The van der Waals surface area contributed by atoms with Gasteiger partial charge in [0.1, 0.15) is 18.0 Å². The highest BCUT2D eigenvalue weighted by Crippen LogP contribution is 2.26. The third-order valence-corrected chi connectivity index (χ3v) is 4.57. The molecule has 8 nitrogen and oxygen atoms in total. The molecule has 2 amide bonds. The van der Waals surface area contributed by atoms with Gasteiger partial charge in [0, 0.05) is 26.1 Å². The predicted molar refractivity (Wildman–Crippen MR) is 93.2 cm³/mol. The number of carbonyl (C=O) groups is 3. The van der Waals surface area contributed by atoms with Gasteiger partial charge in [-0.05, 0) is 37.5 Å². The largest absolute Gasteiger partial charge is 0.507 e. The van der Waals surface area contributed by atoms with Crippen molar-refractivity contribution in [1.29, 1.82) is 0 Å². The van der Waals surface area contributed by atoms with Gasteiger partial charge in [0.05, 0.1) is 12.7 Å². The average molecular weight is 364 g/mol. The van der Waals surface area contributed by atoms with Gasteiger partial charge < -0.3 is 24.7 Å². The molecule has 0 saturated carbocycles. The molecule has 1 heterocycles. The molecule has 8 heteroatoms. The lowest BCUT2D eigenvalue weighted by Crippen LogP contribution is -2.43. The highest BCUT2D eigenvalue weighted by molar-refractivity contribution is 5.97. The lowest BCUT2D eigenvalue weighted by molar-refractivity contribution is -0.145. The van der Waals surface area contributed by atoms with Gasteiger partial charge in [-0.1, -0.05) is 0 Å². The van der Waals surface area contributed by atoms with E-state index in [1.54, 1.807) is 11.0 Å². The number of hydrogen-bond donors (Lipinski definition) is 2. The second-order valence-corrected chi connectivity index (χ2v) is 6.30. The molecule has 0 aliphatic carbocycles. The first-order valence-electron chi connectivity index (χ1n) is 8.48. The molecule has 2 N–H and O–H groups in total. The number of aliphatic carboxylic acids is 1. The zero-order chi connectivity index (χ0) is 19.3. The number of carboxylic acid groups (broad SMARTS) is 1. The molecule has 1 aromatic carbocycles. The van der Waals surface area contributed by atoms with Crippen LogP contribution < -0.4 is 4.74 Å². The number of aromatic hydroxyl groups is 1. The van der Waals surface area contributed by atoms with Gasteiger partial charge in [-0.3, -0.25) is 14.4 Å². The van der Waals surface area contributed by atoms with Crippen LogP contribution in [0.3, 0.4) is 0 Å². The Labute approximate surface area is 152 Å². The van der Waals surface area contributed by atoms with Crippen molar-refractivity contribution < 1.29 is 29.3 Å². The van der Waals surface area contributed by atoms with Gasteiger partial charge in [0.2, 0.25) is 5.91 Å². The quantitative estimate of drug-likeness (QED) is 0.816. The monoisotopic (exact) mass is 364 g/mol. The van der Waals surface area contributed by atoms with E-state index in [-0.39, 0.29) is 35.7 Å². The zero-order valence-corrected chi connectivity index (χ0v) is 15.0. The topological polar surface area (TPSA) is 107 Å². The zero-order valence-electron chi connectivity index (χ0n) is 15.0. The fourth-order valence-corrected chi connectivity index (χ4v) is 3.22. The third kappa shape index (κ3) is 4.65. The summed E-state index contributed by atoms with van der Waals surface area (Å²) in [7, 11) is 1.48. The summed E-state index contributed by atoms with van der Waals surface area (Å²) < 4.78 is 5.10. The number of phenols is 1. The van der Waals surface area contributed by atoms with E-state index in [0.29, 0.717) is 38.1 Å². The predicted octanol–water partition coefficient (Wildman–Crippen LogP) is 1.33. The van der Waals surface area contributed by atoms with E-state index in [9.17, 15) is 19.5 Å². The maximum atomic E-state index is 12.8. The summed E-state index contributed by atoms with van der Waals surface area (Å²) in [5.74, 6) is -1.30. The van der Waals surface area contributed by atoms with Crippen molar-refractivity contribution in [2.24, 2.45) is 0 Å². The first-order valence-corrected chi connectivity index (χ1v) is 8.48. The van der Waals surface area contributed by atoms with Gasteiger partial charge in [0.25, 0.3) is 5.91 Å². The third-order valence-electron chi connectivity index (χ3n) is 4.57. The Hall–Kier alpha value is -2.77. The van der Waals surface area contributed by atoms with Gasteiger partial charge in [0.15, 0.2) is 0 Å². The highest BCUT2D eigenvalue weighted by atomic mass is 16.5. The number of nitrogens with zero attached hydrogens (tertiary/aromatic N) is 2. The molecule has 2 rings (SSSR count). The van der Waals surface area contributed by atoms with Crippen molar-refractivity contribution in [2.75, 3.05) is 26.7 Å². The van der Waals surface area contributed by atoms with Crippen molar-refractivity contribution in [3.63, 3.8) is 0 Å².